The predicted molar refractivity (Wildman–Crippen MR) is 93.0 cm³/mol. The SMILES string of the molecule is COC(=O)Nc1ccc(CNC(=O)NCc2cccc(C(F)(F)F)c2)cc1. The molecule has 2 aromatic rings. The van der Waals surface area contributed by atoms with Crippen molar-refractivity contribution in [3.63, 3.8) is 0 Å². The van der Waals surface area contributed by atoms with Crippen molar-refractivity contribution in [1.82, 2.24) is 10.6 Å². The molecule has 144 valence electrons. The standard InChI is InChI=1S/C18H18F3N3O3/c1-27-17(26)24-15-7-5-12(6-8-15)10-22-16(25)23-11-13-3-2-4-14(9-13)18(19,20)21/h2-9H,10-11H2,1H3,(H,24,26)(H2,22,23,25). The molecule has 0 unspecified atom stereocenters. The molecule has 0 fully saturated rings. The zero-order valence-electron chi connectivity index (χ0n) is 14.4. The van der Waals surface area contributed by atoms with Gasteiger partial charge in [-0.3, -0.25) is 5.32 Å². The molecule has 0 heterocycles. The number of hydrogen-bond acceptors (Lipinski definition) is 3. The van der Waals surface area contributed by atoms with Crippen molar-refractivity contribution >= 4 is 17.8 Å². The van der Waals surface area contributed by atoms with E-state index in [1.165, 1.54) is 19.2 Å². The Morgan fingerprint density at radius 1 is 0.963 bits per heavy atom. The third kappa shape index (κ3) is 6.53. The van der Waals surface area contributed by atoms with Crippen molar-refractivity contribution in [2.75, 3.05) is 12.4 Å². The Morgan fingerprint density at radius 2 is 1.59 bits per heavy atom. The van der Waals surface area contributed by atoms with Crippen LogP contribution in [0.3, 0.4) is 0 Å². The summed E-state index contributed by atoms with van der Waals surface area (Å²) in [4.78, 5) is 22.9. The molecule has 0 radical (unpaired) electrons. The molecule has 0 aliphatic carbocycles. The summed E-state index contributed by atoms with van der Waals surface area (Å²) in [6.07, 6.45) is -5.01. The van der Waals surface area contributed by atoms with Crippen molar-refractivity contribution in [1.29, 1.82) is 0 Å². The molecule has 27 heavy (non-hydrogen) atoms. The first-order chi connectivity index (χ1) is 12.8. The fourth-order valence-corrected chi connectivity index (χ4v) is 2.16. The molecule has 0 aromatic heterocycles. The van der Waals surface area contributed by atoms with E-state index in [-0.39, 0.29) is 13.1 Å². The summed E-state index contributed by atoms with van der Waals surface area (Å²) in [5, 5.41) is 7.60. The van der Waals surface area contributed by atoms with Crippen LogP contribution in [0, 0.1) is 0 Å². The number of urea groups is 1. The van der Waals surface area contributed by atoms with Crippen molar-refractivity contribution in [2.24, 2.45) is 0 Å². The summed E-state index contributed by atoms with van der Waals surface area (Å²) in [5.41, 5.74) is 0.903. The number of ether oxygens (including phenoxy) is 1. The zero-order valence-corrected chi connectivity index (χ0v) is 14.4. The first-order valence-corrected chi connectivity index (χ1v) is 7.89. The minimum absolute atomic E-state index is 0.0300. The number of carbonyl (C=O) groups is 2. The largest absolute Gasteiger partial charge is 0.453 e. The van der Waals surface area contributed by atoms with Crippen molar-refractivity contribution < 1.29 is 27.5 Å². The molecule has 0 saturated carbocycles. The quantitative estimate of drug-likeness (QED) is 0.735. The second-order valence-corrected chi connectivity index (χ2v) is 5.55. The first kappa shape index (κ1) is 20.1. The molecule has 2 rings (SSSR count). The number of amides is 3. The van der Waals surface area contributed by atoms with Crippen LogP contribution < -0.4 is 16.0 Å². The number of hydrogen-bond donors (Lipinski definition) is 3. The van der Waals surface area contributed by atoms with Gasteiger partial charge in [0.25, 0.3) is 0 Å². The highest BCUT2D eigenvalue weighted by Gasteiger charge is 2.30. The lowest BCUT2D eigenvalue weighted by Crippen LogP contribution is -2.34. The fraction of sp³-hybridized carbons (Fsp3) is 0.222. The van der Waals surface area contributed by atoms with Gasteiger partial charge in [-0.1, -0.05) is 24.3 Å². The number of rotatable bonds is 5. The topological polar surface area (TPSA) is 79.5 Å². The van der Waals surface area contributed by atoms with Gasteiger partial charge in [-0.05, 0) is 35.4 Å². The lowest BCUT2D eigenvalue weighted by Gasteiger charge is -2.11. The van der Waals surface area contributed by atoms with E-state index >= 15 is 0 Å². The number of methoxy groups -OCH3 is 1. The average Bonchev–Trinajstić information content (AvgIpc) is 2.65. The van der Waals surface area contributed by atoms with Crippen molar-refractivity contribution in [2.45, 2.75) is 19.3 Å². The zero-order chi connectivity index (χ0) is 19.9. The fourth-order valence-electron chi connectivity index (χ4n) is 2.16. The summed E-state index contributed by atoms with van der Waals surface area (Å²) >= 11 is 0. The smallest absolute Gasteiger partial charge is 0.416 e. The van der Waals surface area contributed by atoms with Crippen LogP contribution in [0.2, 0.25) is 0 Å². The predicted octanol–water partition coefficient (Wildman–Crippen LogP) is 3.88. The highest BCUT2D eigenvalue weighted by Crippen LogP contribution is 2.29. The maximum absolute atomic E-state index is 12.7. The summed E-state index contributed by atoms with van der Waals surface area (Å²) < 4.78 is 42.5. The molecule has 0 atom stereocenters. The van der Waals surface area contributed by atoms with Gasteiger partial charge in [0, 0.05) is 18.8 Å². The third-order valence-electron chi connectivity index (χ3n) is 3.55. The molecular weight excluding hydrogens is 363 g/mol. The lowest BCUT2D eigenvalue weighted by molar-refractivity contribution is -0.137. The summed E-state index contributed by atoms with van der Waals surface area (Å²) in [5.74, 6) is 0. The third-order valence-corrected chi connectivity index (χ3v) is 3.55. The lowest BCUT2D eigenvalue weighted by atomic mass is 10.1. The second-order valence-electron chi connectivity index (χ2n) is 5.55. The van der Waals surface area contributed by atoms with Crippen molar-refractivity contribution in [3.8, 4) is 0 Å². The van der Waals surface area contributed by atoms with Gasteiger partial charge in [-0.25, -0.2) is 9.59 Å². The van der Waals surface area contributed by atoms with Crippen LogP contribution in [-0.2, 0) is 24.0 Å². The van der Waals surface area contributed by atoms with Crippen LogP contribution in [0.5, 0.6) is 0 Å². The molecule has 2 aromatic carbocycles. The van der Waals surface area contributed by atoms with E-state index in [1.807, 2.05) is 0 Å². The number of nitrogens with one attached hydrogen (secondary N) is 3. The number of benzene rings is 2. The van der Waals surface area contributed by atoms with E-state index in [0.717, 1.165) is 17.7 Å². The highest BCUT2D eigenvalue weighted by atomic mass is 19.4. The Balaban J connectivity index is 1.80. The molecule has 6 nitrogen and oxygen atoms in total. The molecule has 0 spiro atoms. The Kier molecular flexibility index (Phi) is 6.64. The van der Waals surface area contributed by atoms with Gasteiger partial charge in [0.15, 0.2) is 0 Å². The van der Waals surface area contributed by atoms with Crippen molar-refractivity contribution in [3.05, 3.63) is 65.2 Å². The summed E-state index contributed by atoms with van der Waals surface area (Å²) in [7, 11) is 1.26. The number of anilines is 1. The van der Waals surface area contributed by atoms with Crippen LogP contribution in [-0.4, -0.2) is 19.2 Å². The van der Waals surface area contributed by atoms with Gasteiger partial charge >= 0.3 is 18.3 Å². The van der Waals surface area contributed by atoms with Gasteiger partial charge in [-0.15, -0.1) is 0 Å². The minimum atomic E-state index is -4.42. The van der Waals surface area contributed by atoms with Gasteiger partial charge in [0.2, 0.25) is 0 Å². The number of halogens is 3. The van der Waals surface area contributed by atoms with E-state index in [9.17, 15) is 22.8 Å². The van der Waals surface area contributed by atoms with Crippen LogP contribution in [0.4, 0.5) is 28.4 Å². The van der Waals surface area contributed by atoms with Gasteiger partial charge < -0.3 is 15.4 Å². The monoisotopic (exact) mass is 381 g/mol. The Bertz CT molecular complexity index is 792. The normalized spacial score (nSPS) is 10.8. The Hall–Kier alpha value is -3.23. The maximum atomic E-state index is 12.7. The summed E-state index contributed by atoms with van der Waals surface area (Å²) in [6, 6.07) is 11.0. The molecule has 3 amide bonds. The molecule has 9 heteroatoms. The highest BCUT2D eigenvalue weighted by molar-refractivity contribution is 5.84. The van der Waals surface area contributed by atoms with Crippen LogP contribution in [0.1, 0.15) is 16.7 Å². The molecule has 0 saturated heterocycles. The van der Waals surface area contributed by atoms with E-state index in [2.05, 4.69) is 20.7 Å². The number of alkyl halides is 3. The Labute approximate surface area is 153 Å². The van der Waals surface area contributed by atoms with Crippen LogP contribution in [0.25, 0.3) is 0 Å². The Morgan fingerprint density at radius 3 is 2.19 bits per heavy atom. The van der Waals surface area contributed by atoms with E-state index in [1.54, 1.807) is 24.3 Å². The number of carbonyl (C=O) groups excluding carboxylic acids is 2. The minimum Gasteiger partial charge on any atom is -0.453 e. The molecule has 3 N–H and O–H groups in total. The van der Waals surface area contributed by atoms with E-state index in [0.29, 0.717) is 11.3 Å². The average molecular weight is 381 g/mol. The molecule has 0 aliphatic heterocycles. The van der Waals surface area contributed by atoms with Crippen LogP contribution in [0.15, 0.2) is 48.5 Å². The van der Waals surface area contributed by atoms with E-state index in [4.69, 9.17) is 0 Å². The van der Waals surface area contributed by atoms with Gasteiger partial charge in [0.05, 0.1) is 12.7 Å². The van der Waals surface area contributed by atoms with Crippen LogP contribution >= 0.6 is 0 Å². The molecule has 0 aliphatic rings. The van der Waals surface area contributed by atoms with Gasteiger partial charge in [0.1, 0.15) is 0 Å². The molecule has 0 bridgehead atoms. The summed E-state index contributed by atoms with van der Waals surface area (Å²) in [6.45, 7) is 0.185. The van der Waals surface area contributed by atoms with Gasteiger partial charge in [-0.2, -0.15) is 13.2 Å². The van der Waals surface area contributed by atoms with E-state index < -0.39 is 23.9 Å². The molecular formula is C18H18F3N3O3. The maximum Gasteiger partial charge on any atom is 0.416 e. The second kappa shape index (κ2) is 8.93. The first-order valence-electron chi connectivity index (χ1n) is 7.89.